The van der Waals surface area contributed by atoms with Crippen molar-refractivity contribution in [3.63, 3.8) is 0 Å². The highest BCUT2D eigenvalue weighted by atomic mass is 79.9. The van der Waals surface area contributed by atoms with Crippen LogP contribution >= 0.6 is 15.9 Å². The average Bonchev–Trinajstić information content (AvgIpc) is 3.04. The maximum atomic E-state index is 12.5. The zero-order chi connectivity index (χ0) is 22.4. The Kier molecular flexibility index (Phi) is 7.19. The molecule has 2 aromatic carbocycles. The number of aromatic nitrogens is 2. The molecule has 0 fully saturated rings. The van der Waals surface area contributed by atoms with E-state index >= 15 is 0 Å². The number of esters is 1. The highest BCUT2D eigenvalue weighted by molar-refractivity contribution is 9.10. The Morgan fingerprint density at radius 3 is 2.35 bits per heavy atom. The first-order chi connectivity index (χ1) is 14.8. The molecule has 0 aliphatic heterocycles. The molecule has 3 rings (SSSR count). The molecule has 31 heavy (non-hydrogen) atoms. The lowest BCUT2D eigenvalue weighted by molar-refractivity contribution is -0.125. The number of carbonyl (C=O) groups excluding carboxylic acids is 3. The quantitative estimate of drug-likeness (QED) is 0.413. The van der Waals surface area contributed by atoms with Gasteiger partial charge in [0.2, 0.25) is 0 Å². The number of nitrogens with zero attached hydrogens (tertiary/aromatic N) is 2. The maximum Gasteiger partial charge on any atom is 0.342 e. The summed E-state index contributed by atoms with van der Waals surface area (Å²) in [6, 6.07) is 16.4. The lowest BCUT2D eigenvalue weighted by atomic mass is 10.2. The van der Waals surface area contributed by atoms with Gasteiger partial charge in [0, 0.05) is 10.0 Å². The Bertz CT molecular complexity index is 1090. The van der Waals surface area contributed by atoms with Gasteiger partial charge in [-0.25, -0.2) is 4.79 Å². The molecule has 3 aromatic rings. The highest BCUT2D eigenvalue weighted by Gasteiger charge is 2.21. The van der Waals surface area contributed by atoms with Gasteiger partial charge in [0.05, 0.1) is 17.9 Å². The van der Waals surface area contributed by atoms with Crippen LogP contribution in [0.2, 0.25) is 0 Å². The van der Waals surface area contributed by atoms with Gasteiger partial charge < -0.3 is 4.74 Å². The number of nitrogens with one attached hydrogen (secondary N) is 2. The van der Waals surface area contributed by atoms with Gasteiger partial charge >= 0.3 is 5.97 Å². The number of rotatable bonds is 6. The van der Waals surface area contributed by atoms with Gasteiger partial charge in [-0.05, 0) is 43.7 Å². The third-order valence-corrected chi connectivity index (χ3v) is 5.05. The molecular weight excluding hydrogens is 464 g/mol. The molecule has 1 heterocycles. The van der Waals surface area contributed by atoms with E-state index in [0.29, 0.717) is 29.1 Å². The Hall–Kier alpha value is -3.46. The normalized spacial score (nSPS) is 10.4. The van der Waals surface area contributed by atoms with E-state index in [1.54, 1.807) is 42.8 Å². The van der Waals surface area contributed by atoms with Gasteiger partial charge in [0.25, 0.3) is 11.8 Å². The summed E-state index contributed by atoms with van der Waals surface area (Å²) in [7, 11) is 0. The Morgan fingerprint density at radius 1 is 1.00 bits per heavy atom. The molecule has 0 saturated heterocycles. The number of aryl methyl sites for hydroxylation is 1. The monoisotopic (exact) mass is 484 g/mol. The number of hydrogen-bond acceptors (Lipinski definition) is 5. The number of benzene rings is 2. The number of ether oxygens (including phenoxy) is 1. The second-order valence-corrected chi connectivity index (χ2v) is 7.69. The Labute approximate surface area is 187 Å². The molecule has 0 aliphatic carbocycles. The van der Waals surface area contributed by atoms with Crippen molar-refractivity contribution in [2.75, 3.05) is 6.61 Å². The topological polar surface area (TPSA) is 102 Å². The van der Waals surface area contributed by atoms with Crippen molar-refractivity contribution in [1.29, 1.82) is 0 Å². The number of hydrogen-bond donors (Lipinski definition) is 2. The summed E-state index contributed by atoms with van der Waals surface area (Å²) in [4.78, 5) is 36.5. The van der Waals surface area contributed by atoms with Crippen molar-refractivity contribution in [2.45, 2.75) is 20.4 Å². The minimum absolute atomic E-state index is 0.322. The number of carbonyl (C=O) groups is 3. The lowest BCUT2D eigenvalue weighted by Gasteiger charge is -2.09. The van der Waals surface area contributed by atoms with Crippen LogP contribution in [0.3, 0.4) is 0 Å². The summed E-state index contributed by atoms with van der Waals surface area (Å²) in [6.45, 7) is 3.47. The first-order valence-electron chi connectivity index (χ1n) is 9.45. The third kappa shape index (κ3) is 5.79. The van der Waals surface area contributed by atoms with Crippen LogP contribution in [0.1, 0.15) is 37.7 Å². The van der Waals surface area contributed by atoms with Gasteiger partial charge in [-0.2, -0.15) is 5.10 Å². The molecule has 8 nitrogen and oxygen atoms in total. The lowest BCUT2D eigenvalue weighted by Crippen LogP contribution is -2.43. The highest BCUT2D eigenvalue weighted by Crippen LogP contribution is 2.16. The molecule has 2 N–H and O–H groups in total. The van der Waals surface area contributed by atoms with Gasteiger partial charge in [-0.15, -0.1) is 0 Å². The van der Waals surface area contributed by atoms with E-state index in [1.807, 2.05) is 30.3 Å². The number of halogens is 1. The van der Waals surface area contributed by atoms with Crippen LogP contribution in [0.15, 0.2) is 59.1 Å². The molecule has 0 spiro atoms. The second kappa shape index (κ2) is 10.0. The first kappa shape index (κ1) is 22.2. The minimum atomic E-state index is -0.661. The fourth-order valence-electron chi connectivity index (χ4n) is 2.94. The maximum absolute atomic E-state index is 12.5. The van der Waals surface area contributed by atoms with Crippen molar-refractivity contribution < 1.29 is 19.1 Å². The van der Waals surface area contributed by atoms with Crippen LogP contribution in [0, 0.1) is 13.8 Å². The summed E-state index contributed by atoms with van der Waals surface area (Å²) in [5, 5.41) is 4.41. The van der Waals surface area contributed by atoms with E-state index < -0.39 is 24.4 Å². The molecule has 9 heteroatoms. The SMILES string of the molecule is Cc1nn(Cc2ccccc2)c(C)c1C(=O)OCC(=O)NNC(=O)c1ccc(Br)cc1. The molecule has 160 valence electrons. The smallest absolute Gasteiger partial charge is 0.342 e. The zero-order valence-corrected chi connectivity index (χ0v) is 18.6. The van der Waals surface area contributed by atoms with E-state index in [2.05, 4.69) is 31.9 Å². The summed E-state index contributed by atoms with van der Waals surface area (Å²) in [6.07, 6.45) is 0. The van der Waals surface area contributed by atoms with Crippen LogP contribution in [0.25, 0.3) is 0 Å². The van der Waals surface area contributed by atoms with Gasteiger partial charge in [-0.3, -0.25) is 25.1 Å². The fraction of sp³-hybridized carbons (Fsp3) is 0.182. The fourth-order valence-corrected chi connectivity index (χ4v) is 3.21. The van der Waals surface area contributed by atoms with E-state index in [4.69, 9.17) is 4.74 Å². The summed E-state index contributed by atoms with van der Waals surface area (Å²) in [5.41, 5.74) is 7.40. The van der Waals surface area contributed by atoms with E-state index in [-0.39, 0.29) is 0 Å². The van der Waals surface area contributed by atoms with Crippen LogP contribution in [0.5, 0.6) is 0 Å². The molecule has 0 saturated carbocycles. The Balaban J connectivity index is 1.53. The molecule has 1 aromatic heterocycles. The molecule has 0 bridgehead atoms. The molecule has 0 unspecified atom stereocenters. The van der Waals surface area contributed by atoms with Crippen LogP contribution in [0.4, 0.5) is 0 Å². The zero-order valence-electron chi connectivity index (χ0n) is 17.0. The van der Waals surface area contributed by atoms with Gasteiger partial charge in [0.15, 0.2) is 6.61 Å². The predicted molar refractivity (Wildman–Crippen MR) is 117 cm³/mol. The third-order valence-electron chi connectivity index (χ3n) is 4.52. The minimum Gasteiger partial charge on any atom is -0.452 e. The van der Waals surface area contributed by atoms with Gasteiger partial charge in [0.1, 0.15) is 5.56 Å². The van der Waals surface area contributed by atoms with Crippen LogP contribution < -0.4 is 10.9 Å². The molecule has 0 aliphatic rings. The predicted octanol–water partition coefficient (Wildman–Crippen LogP) is 2.93. The molecule has 2 amide bonds. The van der Waals surface area contributed by atoms with Crippen molar-refractivity contribution in [3.8, 4) is 0 Å². The van der Waals surface area contributed by atoms with Crippen molar-refractivity contribution in [2.24, 2.45) is 0 Å². The van der Waals surface area contributed by atoms with Crippen LogP contribution in [-0.2, 0) is 16.1 Å². The summed E-state index contributed by atoms with van der Waals surface area (Å²) < 4.78 is 7.66. The number of amides is 2. The standard InChI is InChI=1S/C22H21BrN4O4/c1-14-20(15(2)27(26-14)12-16-6-4-3-5-7-16)22(30)31-13-19(28)24-25-21(29)17-8-10-18(23)11-9-17/h3-11H,12-13H2,1-2H3,(H,24,28)(H,25,29). The molecule has 0 atom stereocenters. The van der Waals surface area contributed by atoms with Crippen molar-refractivity contribution >= 4 is 33.7 Å². The Morgan fingerprint density at radius 2 is 1.68 bits per heavy atom. The average molecular weight is 485 g/mol. The largest absolute Gasteiger partial charge is 0.452 e. The van der Waals surface area contributed by atoms with E-state index in [0.717, 1.165) is 10.0 Å². The van der Waals surface area contributed by atoms with Gasteiger partial charge in [-0.1, -0.05) is 46.3 Å². The second-order valence-electron chi connectivity index (χ2n) is 6.77. The van der Waals surface area contributed by atoms with Crippen molar-refractivity contribution in [3.05, 3.63) is 87.1 Å². The van der Waals surface area contributed by atoms with Crippen molar-refractivity contribution in [1.82, 2.24) is 20.6 Å². The van der Waals surface area contributed by atoms with E-state index in [1.165, 1.54) is 0 Å². The molecule has 0 radical (unpaired) electrons. The van der Waals surface area contributed by atoms with Crippen LogP contribution in [-0.4, -0.2) is 34.2 Å². The number of hydrazine groups is 1. The first-order valence-corrected chi connectivity index (χ1v) is 10.2. The summed E-state index contributed by atoms with van der Waals surface area (Å²) >= 11 is 3.28. The van der Waals surface area contributed by atoms with E-state index in [9.17, 15) is 14.4 Å². The summed E-state index contributed by atoms with van der Waals surface area (Å²) in [5.74, 6) is -1.80. The molecular formula is C22H21BrN4O4.